The molecule has 4 aromatic rings. The highest BCUT2D eigenvalue weighted by atomic mass is 32.1. The molecule has 0 saturated heterocycles. The number of amides is 1. The number of nitrogens with zero attached hydrogens (tertiary/aromatic N) is 2. The third kappa shape index (κ3) is 4.65. The van der Waals surface area contributed by atoms with Crippen LogP contribution >= 0.6 is 11.3 Å². The van der Waals surface area contributed by atoms with Crippen LogP contribution in [-0.2, 0) is 13.1 Å². The number of halogens is 1. The third-order valence-electron chi connectivity index (χ3n) is 4.96. The Balaban J connectivity index is 1.60. The summed E-state index contributed by atoms with van der Waals surface area (Å²) in [5.41, 5.74) is 2.77. The molecule has 164 valence electrons. The van der Waals surface area contributed by atoms with Crippen LogP contribution < -0.4 is 14.8 Å². The minimum atomic E-state index is -0.307. The average Bonchev–Trinajstić information content (AvgIpc) is 3.49. The van der Waals surface area contributed by atoms with Crippen molar-refractivity contribution < 1.29 is 18.7 Å². The summed E-state index contributed by atoms with van der Waals surface area (Å²) < 4.78 is 25.7. The largest absolute Gasteiger partial charge is 0.493 e. The molecule has 0 aliphatic rings. The first-order valence-corrected chi connectivity index (χ1v) is 10.8. The van der Waals surface area contributed by atoms with E-state index in [1.807, 2.05) is 29.6 Å². The van der Waals surface area contributed by atoms with Crippen molar-refractivity contribution in [3.8, 4) is 22.1 Å². The van der Waals surface area contributed by atoms with Crippen LogP contribution in [0.2, 0.25) is 0 Å². The van der Waals surface area contributed by atoms with Crippen molar-refractivity contribution in [2.45, 2.75) is 13.1 Å². The van der Waals surface area contributed by atoms with Crippen molar-refractivity contribution in [2.75, 3.05) is 14.2 Å². The van der Waals surface area contributed by atoms with Crippen LogP contribution in [0.3, 0.4) is 0 Å². The number of ether oxygens (including phenoxy) is 2. The summed E-state index contributed by atoms with van der Waals surface area (Å²) in [5, 5.41) is 9.54. The van der Waals surface area contributed by atoms with Crippen molar-refractivity contribution in [3.05, 3.63) is 88.7 Å². The fraction of sp³-hybridized carbons (Fsp3) is 0.167. The zero-order chi connectivity index (χ0) is 22.5. The number of methoxy groups -OCH3 is 2. The molecule has 8 heteroatoms. The van der Waals surface area contributed by atoms with E-state index >= 15 is 0 Å². The number of carbonyl (C=O) groups excluding carboxylic acids is 1. The first-order valence-electron chi connectivity index (χ1n) is 9.93. The number of hydrogen-bond acceptors (Lipinski definition) is 5. The Morgan fingerprint density at radius 2 is 1.91 bits per heavy atom. The van der Waals surface area contributed by atoms with Gasteiger partial charge in [0.05, 0.1) is 25.6 Å². The zero-order valence-corrected chi connectivity index (χ0v) is 18.5. The van der Waals surface area contributed by atoms with Crippen molar-refractivity contribution in [2.24, 2.45) is 0 Å². The second-order valence-electron chi connectivity index (χ2n) is 7.01. The number of carbonyl (C=O) groups is 1. The maximum Gasteiger partial charge on any atom is 0.269 e. The zero-order valence-electron chi connectivity index (χ0n) is 17.7. The molecule has 6 nitrogen and oxygen atoms in total. The Kier molecular flexibility index (Phi) is 6.51. The predicted octanol–water partition coefficient (Wildman–Crippen LogP) is 4.75. The predicted molar refractivity (Wildman–Crippen MR) is 122 cm³/mol. The smallest absolute Gasteiger partial charge is 0.269 e. The molecule has 1 amide bonds. The van der Waals surface area contributed by atoms with Crippen LogP contribution in [0.5, 0.6) is 11.5 Å². The molecule has 0 saturated carbocycles. The number of rotatable bonds is 8. The Morgan fingerprint density at radius 3 is 2.59 bits per heavy atom. The minimum absolute atomic E-state index is 0.259. The summed E-state index contributed by atoms with van der Waals surface area (Å²) in [5.74, 6) is 0.598. The van der Waals surface area contributed by atoms with E-state index < -0.39 is 0 Å². The standard InChI is InChI=1S/C24H22FN3O3S/c1-30-21-6-3-5-17(23(21)31-2)14-26-24(29)20-13-19(22-7-4-12-32-22)27-28(20)15-16-8-10-18(25)11-9-16/h3-13H,14-15H2,1-2H3,(H,26,29). The fourth-order valence-electron chi connectivity index (χ4n) is 3.39. The van der Waals surface area contributed by atoms with Crippen LogP contribution in [0.15, 0.2) is 66.0 Å². The van der Waals surface area contributed by atoms with E-state index in [-0.39, 0.29) is 18.3 Å². The fourth-order valence-corrected chi connectivity index (χ4v) is 4.07. The van der Waals surface area contributed by atoms with E-state index in [0.717, 1.165) is 16.0 Å². The van der Waals surface area contributed by atoms with Gasteiger partial charge in [-0.2, -0.15) is 5.10 Å². The number of aromatic nitrogens is 2. The molecule has 0 aliphatic heterocycles. The number of benzene rings is 2. The molecule has 1 N–H and O–H groups in total. The minimum Gasteiger partial charge on any atom is -0.493 e. The molecule has 32 heavy (non-hydrogen) atoms. The van der Waals surface area contributed by atoms with Gasteiger partial charge in [-0.15, -0.1) is 11.3 Å². The lowest BCUT2D eigenvalue weighted by atomic mass is 10.1. The van der Waals surface area contributed by atoms with Gasteiger partial charge in [-0.05, 0) is 41.3 Å². The Labute approximate surface area is 189 Å². The monoisotopic (exact) mass is 451 g/mol. The van der Waals surface area contributed by atoms with Crippen LogP contribution in [0.4, 0.5) is 4.39 Å². The van der Waals surface area contributed by atoms with Gasteiger partial charge in [-0.25, -0.2) is 4.39 Å². The van der Waals surface area contributed by atoms with E-state index in [1.54, 1.807) is 54.5 Å². The molecule has 0 bridgehead atoms. The molecule has 0 aliphatic carbocycles. The highest BCUT2D eigenvalue weighted by Gasteiger charge is 2.18. The molecule has 2 aromatic heterocycles. The molecule has 2 heterocycles. The Bertz CT molecular complexity index is 1200. The molecule has 2 aromatic carbocycles. The molecule has 0 unspecified atom stereocenters. The average molecular weight is 452 g/mol. The number of nitrogens with one attached hydrogen (secondary N) is 1. The van der Waals surface area contributed by atoms with E-state index in [2.05, 4.69) is 10.4 Å². The van der Waals surface area contributed by atoms with Gasteiger partial charge >= 0.3 is 0 Å². The summed E-state index contributed by atoms with van der Waals surface area (Å²) in [7, 11) is 3.13. The van der Waals surface area contributed by atoms with Crippen LogP contribution in [0.25, 0.3) is 10.6 Å². The maximum absolute atomic E-state index is 13.3. The van der Waals surface area contributed by atoms with Gasteiger partial charge in [0, 0.05) is 12.1 Å². The molecule has 0 fully saturated rings. The summed E-state index contributed by atoms with van der Waals surface area (Å²) in [6.07, 6.45) is 0. The summed E-state index contributed by atoms with van der Waals surface area (Å²) in [4.78, 5) is 14.1. The van der Waals surface area contributed by atoms with E-state index in [9.17, 15) is 9.18 Å². The SMILES string of the molecule is COc1cccc(CNC(=O)c2cc(-c3cccs3)nn2Cc2ccc(F)cc2)c1OC. The molecule has 0 spiro atoms. The van der Waals surface area contributed by atoms with Crippen LogP contribution in [-0.4, -0.2) is 29.9 Å². The topological polar surface area (TPSA) is 65.4 Å². The van der Waals surface area contributed by atoms with Crippen LogP contribution in [0.1, 0.15) is 21.6 Å². The summed E-state index contributed by atoms with van der Waals surface area (Å²) in [6, 6.07) is 17.3. The van der Waals surface area contributed by atoms with Crippen molar-refractivity contribution >= 4 is 17.2 Å². The summed E-state index contributed by atoms with van der Waals surface area (Å²) >= 11 is 1.55. The molecule has 0 radical (unpaired) electrons. The normalized spacial score (nSPS) is 10.7. The van der Waals surface area contributed by atoms with Gasteiger partial charge < -0.3 is 14.8 Å². The number of thiophene rings is 1. The van der Waals surface area contributed by atoms with Gasteiger partial charge in [-0.3, -0.25) is 9.48 Å². The number of para-hydroxylation sites is 1. The number of hydrogen-bond donors (Lipinski definition) is 1. The van der Waals surface area contributed by atoms with E-state index in [4.69, 9.17) is 9.47 Å². The van der Waals surface area contributed by atoms with Gasteiger partial charge in [0.2, 0.25) is 0 Å². The van der Waals surface area contributed by atoms with E-state index in [1.165, 1.54) is 12.1 Å². The van der Waals surface area contributed by atoms with Gasteiger partial charge in [0.1, 0.15) is 17.2 Å². The molecular weight excluding hydrogens is 429 g/mol. The van der Waals surface area contributed by atoms with E-state index in [0.29, 0.717) is 29.4 Å². The first kappa shape index (κ1) is 21.6. The lowest BCUT2D eigenvalue weighted by molar-refractivity contribution is 0.0940. The Hall–Kier alpha value is -3.65. The molecule has 0 atom stereocenters. The van der Waals surface area contributed by atoms with Crippen LogP contribution in [0, 0.1) is 5.82 Å². The lowest BCUT2D eigenvalue weighted by Crippen LogP contribution is -2.26. The van der Waals surface area contributed by atoms with Gasteiger partial charge in [-0.1, -0.05) is 30.3 Å². The highest BCUT2D eigenvalue weighted by molar-refractivity contribution is 7.13. The second-order valence-corrected chi connectivity index (χ2v) is 7.96. The van der Waals surface area contributed by atoms with Gasteiger partial charge in [0.15, 0.2) is 11.5 Å². The highest BCUT2D eigenvalue weighted by Crippen LogP contribution is 2.30. The van der Waals surface area contributed by atoms with Crippen molar-refractivity contribution in [1.82, 2.24) is 15.1 Å². The quantitative estimate of drug-likeness (QED) is 0.420. The molecule has 4 rings (SSSR count). The Morgan fingerprint density at radius 1 is 1.09 bits per heavy atom. The third-order valence-corrected chi connectivity index (χ3v) is 5.85. The van der Waals surface area contributed by atoms with Crippen molar-refractivity contribution in [1.29, 1.82) is 0 Å². The second kappa shape index (κ2) is 9.65. The maximum atomic E-state index is 13.3. The molecular formula is C24H22FN3O3S. The lowest BCUT2D eigenvalue weighted by Gasteiger charge is -2.13. The first-order chi connectivity index (χ1) is 15.6. The van der Waals surface area contributed by atoms with Crippen molar-refractivity contribution in [3.63, 3.8) is 0 Å². The summed E-state index contributed by atoms with van der Waals surface area (Å²) in [6.45, 7) is 0.603. The van der Waals surface area contributed by atoms with Gasteiger partial charge in [0.25, 0.3) is 5.91 Å².